The first-order valence-electron chi connectivity index (χ1n) is 12.6. The SMILES string of the molecule is CC(C)C[C@H](NC(=O)[C@@H](NC(=O)c1cccc[n+]1[O-])[C@@H](C)O)B1O[C@@H]2C[C@@H]3C[C@@H](C3(C)C)[C@]2(C)O1. The lowest BCUT2D eigenvalue weighted by Crippen LogP contribution is -2.65. The maximum Gasteiger partial charge on any atom is 0.481 e. The highest BCUT2D eigenvalue weighted by Gasteiger charge is 2.68. The smallest absolute Gasteiger partial charge is 0.481 e. The van der Waals surface area contributed by atoms with E-state index in [9.17, 15) is 19.9 Å². The minimum absolute atomic E-state index is 0.0197. The topological polar surface area (TPSA) is 124 Å². The van der Waals surface area contributed by atoms with Gasteiger partial charge in [-0.1, -0.05) is 27.7 Å². The summed E-state index contributed by atoms with van der Waals surface area (Å²) in [5, 5.41) is 27.7. The molecule has 1 aromatic heterocycles. The molecule has 4 aliphatic rings. The third kappa shape index (κ3) is 4.68. The Kier molecular flexibility index (Phi) is 6.94. The zero-order valence-electron chi connectivity index (χ0n) is 21.5. The molecule has 7 atom stereocenters. The summed E-state index contributed by atoms with van der Waals surface area (Å²) in [7, 11) is -0.616. The average molecular weight is 487 g/mol. The average Bonchev–Trinajstić information content (AvgIpc) is 3.13. The summed E-state index contributed by atoms with van der Waals surface area (Å²) in [6.45, 7) is 12.3. The summed E-state index contributed by atoms with van der Waals surface area (Å²) in [6, 6.07) is 3.17. The lowest BCUT2D eigenvalue weighted by atomic mass is 9.43. The molecule has 1 aromatic rings. The lowest BCUT2D eigenvalue weighted by Gasteiger charge is -2.64. The minimum atomic E-state index is -1.25. The monoisotopic (exact) mass is 487 g/mol. The van der Waals surface area contributed by atoms with Crippen LogP contribution in [0.4, 0.5) is 0 Å². The number of hydrogen-bond donors (Lipinski definition) is 3. The number of rotatable bonds is 8. The zero-order valence-corrected chi connectivity index (χ0v) is 21.5. The summed E-state index contributed by atoms with van der Waals surface area (Å²) >= 11 is 0. The molecule has 1 saturated heterocycles. The predicted octanol–water partition coefficient (Wildman–Crippen LogP) is 1.60. The molecule has 9 nitrogen and oxygen atoms in total. The van der Waals surface area contributed by atoms with E-state index in [1.807, 2.05) is 0 Å². The zero-order chi connectivity index (χ0) is 25.7. The van der Waals surface area contributed by atoms with Gasteiger partial charge in [-0.05, 0) is 62.3 Å². The Hall–Kier alpha value is -2.17. The van der Waals surface area contributed by atoms with E-state index in [4.69, 9.17) is 9.31 Å². The van der Waals surface area contributed by atoms with Crippen molar-refractivity contribution >= 4 is 18.9 Å². The Bertz CT molecular complexity index is 972. The minimum Gasteiger partial charge on any atom is -0.618 e. The number of hydrogen-bond acceptors (Lipinski definition) is 6. The third-order valence-electron chi connectivity index (χ3n) is 8.46. The third-order valence-corrected chi connectivity index (χ3v) is 8.46. The fraction of sp³-hybridized carbons (Fsp3) is 0.720. The van der Waals surface area contributed by atoms with Crippen molar-refractivity contribution in [2.45, 2.75) is 90.6 Å². The molecule has 35 heavy (non-hydrogen) atoms. The lowest BCUT2D eigenvalue weighted by molar-refractivity contribution is -0.607. The Morgan fingerprint density at radius 3 is 2.54 bits per heavy atom. The molecule has 0 spiro atoms. The summed E-state index contributed by atoms with van der Waals surface area (Å²) < 4.78 is 13.4. The summed E-state index contributed by atoms with van der Waals surface area (Å²) in [6.07, 6.45) is 2.68. The fourth-order valence-electron chi connectivity index (χ4n) is 6.31. The van der Waals surface area contributed by atoms with Gasteiger partial charge in [0.05, 0.1) is 23.8 Å². The largest absolute Gasteiger partial charge is 0.618 e. The second-order valence-electron chi connectivity index (χ2n) is 11.7. The number of carbonyl (C=O) groups is 2. The van der Waals surface area contributed by atoms with Gasteiger partial charge in [-0.3, -0.25) is 9.59 Å². The van der Waals surface area contributed by atoms with Gasteiger partial charge in [0.1, 0.15) is 6.04 Å². The molecule has 10 heteroatoms. The van der Waals surface area contributed by atoms with Crippen LogP contribution in [-0.2, 0) is 14.1 Å². The van der Waals surface area contributed by atoms with Crippen molar-refractivity contribution in [3.05, 3.63) is 35.3 Å². The van der Waals surface area contributed by atoms with Gasteiger partial charge in [-0.25, -0.2) is 0 Å². The maximum absolute atomic E-state index is 13.3. The van der Waals surface area contributed by atoms with Crippen LogP contribution in [0.3, 0.4) is 0 Å². The van der Waals surface area contributed by atoms with Crippen LogP contribution < -0.4 is 15.4 Å². The van der Waals surface area contributed by atoms with Gasteiger partial charge in [0.15, 0.2) is 6.20 Å². The van der Waals surface area contributed by atoms with Crippen LogP contribution in [0.15, 0.2) is 24.4 Å². The van der Waals surface area contributed by atoms with E-state index < -0.39 is 42.6 Å². The molecule has 0 radical (unpaired) electrons. The summed E-state index contributed by atoms with van der Waals surface area (Å²) in [5.74, 6) is -0.489. The molecule has 0 aromatic carbocycles. The van der Waals surface area contributed by atoms with E-state index in [0.29, 0.717) is 23.0 Å². The highest BCUT2D eigenvalue weighted by atomic mass is 16.7. The van der Waals surface area contributed by atoms with Crippen LogP contribution in [0.1, 0.15) is 71.3 Å². The molecular weight excluding hydrogens is 449 g/mol. The summed E-state index contributed by atoms with van der Waals surface area (Å²) in [5.41, 5.74) is -0.362. The Labute approximate surface area is 207 Å². The van der Waals surface area contributed by atoms with E-state index in [2.05, 4.69) is 45.3 Å². The van der Waals surface area contributed by atoms with Crippen LogP contribution in [0.5, 0.6) is 0 Å². The second-order valence-corrected chi connectivity index (χ2v) is 11.7. The fourth-order valence-corrected chi connectivity index (χ4v) is 6.31. The maximum atomic E-state index is 13.3. The number of pyridine rings is 1. The molecule has 2 amide bonds. The van der Waals surface area contributed by atoms with Crippen molar-refractivity contribution in [2.75, 3.05) is 0 Å². The van der Waals surface area contributed by atoms with Crippen molar-refractivity contribution in [3.8, 4) is 0 Å². The van der Waals surface area contributed by atoms with Crippen molar-refractivity contribution < 1.29 is 28.7 Å². The molecule has 192 valence electrons. The van der Waals surface area contributed by atoms with Crippen molar-refractivity contribution in [1.29, 1.82) is 0 Å². The number of aliphatic hydroxyl groups excluding tert-OH is 1. The number of carbonyl (C=O) groups excluding carboxylic acids is 2. The Morgan fingerprint density at radius 1 is 1.23 bits per heavy atom. The molecule has 1 aliphatic heterocycles. The van der Waals surface area contributed by atoms with Gasteiger partial charge in [0.2, 0.25) is 5.91 Å². The number of amides is 2. The van der Waals surface area contributed by atoms with E-state index >= 15 is 0 Å². The number of nitrogens with one attached hydrogen (secondary N) is 2. The van der Waals surface area contributed by atoms with E-state index in [1.54, 1.807) is 6.07 Å². The highest BCUT2D eigenvalue weighted by Crippen LogP contribution is 2.65. The van der Waals surface area contributed by atoms with Crippen molar-refractivity contribution in [2.24, 2.45) is 23.2 Å². The van der Waals surface area contributed by atoms with Gasteiger partial charge in [-0.15, -0.1) is 0 Å². The van der Waals surface area contributed by atoms with E-state index in [-0.39, 0.29) is 23.1 Å². The van der Waals surface area contributed by atoms with Gasteiger partial charge in [-0.2, -0.15) is 4.73 Å². The van der Waals surface area contributed by atoms with Gasteiger partial charge < -0.3 is 30.3 Å². The molecular formula is C25H38BN3O6. The van der Waals surface area contributed by atoms with Crippen LogP contribution in [0.2, 0.25) is 0 Å². The first-order valence-corrected chi connectivity index (χ1v) is 12.6. The molecule has 4 fully saturated rings. The Morgan fingerprint density at radius 2 is 1.94 bits per heavy atom. The molecule has 3 N–H and O–H groups in total. The number of aliphatic hydroxyl groups is 1. The van der Waals surface area contributed by atoms with Crippen molar-refractivity contribution in [1.82, 2.24) is 10.6 Å². The normalized spacial score (nSPS) is 31.2. The first kappa shape index (κ1) is 25.9. The van der Waals surface area contributed by atoms with E-state index in [0.717, 1.165) is 12.8 Å². The Balaban J connectivity index is 1.48. The van der Waals surface area contributed by atoms with Crippen LogP contribution in [0, 0.1) is 28.4 Å². The first-order chi connectivity index (χ1) is 16.3. The standard InChI is InChI=1S/C25H38BN3O6/c1-14(2)11-20(26-34-19-13-16-12-18(24(16,4)5)25(19,6)35-26)27-23(32)21(15(3)30)28-22(31)17-9-7-8-10-29(17)33/h7-10,14-16,18-21,30H,11-13H2,1-6H3,(H,27,32)(H,28,31)/t15-,16+,18+,19-,20+,21+,25+/m1/s1. The molecule has 3 aliphatic carbocycles. The highest BCUT2D eigenvalue weighted by molar-refractivity contribution is 6.48. The quantitative estimate of drug-likeness (QED) is 0.291. The predicted molar refractivity (Wildman–Crippen MR) is 130 cm³/mol. The number of nitrogens with zero attached hydrogens (tertiary/aromatic N) is 1. The van der Waals surface area contributed by atoms with Crippen molar-refractivity contribution in [3.63, 3.8) is 0 Å². The second kappa shape index (κ2) is 9.37. The molecule has 0 unspecified atom stereocenters. The molecule has 2 heterocycles. The molecule has 5 rings (SSSR count). The molecule has 3 saturated carbocycles. The number of aromatic nitrogens is 1. The van der Waals surface area contributed by atoms with Gasteiger partial charge in [0.25, 0.3) is 5.69 Å². The van der Waals surface area contributed by atoms with E-state index in [1.165, 1.54) is 25.3 Å². The van der Waals surface area contributed by atoms with Crippen LogP contribution in [0.25, 0.3) is 0 Å². The van der Waals surface area contributed by atoms with Crippen LogP contribution in [-0.4, -0.2) is 53.8 Å². The molecule has 2 bridgehead atoms. The van der Waals surface area contributed by atoms with Gasteiger partial charge >= 0.3 is 13.0 Å². The van der Waals surface area contributed by atoms with Crippen LogP contribution >= 0.6 is 0 Å². The summed E-state index contributed by atoms with van der Waals surface area (Å²) in [4.78, 5) is 25.9. The van der Waals surface area contributed by atoms with Gasteiger partial charge in [0, 0.05) is 12.1 Å².